The van der Waals surface area contributed by atoms with Crippen LogP contribution in [0.1, 0.15) is 11.1 Å². The van der Waals surface area contributed by atoms with Gasteiger partial charge in [-0.1, -0.05) is 91.0 Å². The number of nitrogens with zero attached hydrogens (tertiary/aromatic N) is 5. The van der Waals surface area contributed by atoms with E-state index >= 15 is 0 Å². The maximum atomic E-state index is 10.5. The zero-order valence-electron chi connectivity index (χ0n) is 28.6. The molecule has 0 fully saturated rings. The summed E-state index contributed by atoms with van der Waals surface area (Å²) in [6.07, 6.45) is 0. The second kappa shape index (κ2) is 13.4. The molecule has 0 atom stereocenters. The van der Waals surface area contributed by atoms with Crippen molar-refractivity contribution < 1.29 is 9.52 Å². The highest BCUT2D eigenvalue weighted by Crippen LogP contribution is 2.36. The zero-order chi connectivity index (χ0) is 36.6. The lowest BCUT2D eigenvalue weighted by molar-refractivity contribution is 0.477. The highest BCUT2D eigenvalue weighted by molar-refractivity contribution is 6.06. The minimum absolute atomic E-state index is 0.186. The molecule has 0 aliphatic carbocycles. The highest BCUT2D eigenvalue weighted by atomic mass is 16.3. The first-order chi connectivity index (χ1) is 26.5. The summed E-state index contributed by atoms with van der Waals surface area (Å²) in [5.41, 5.74) is 9.53. The number of benzene rings is 7. The predicted molar refractivity (Wildman–Crippen MR) is 211 cm³/mol. The molecule has 0 saturated heterocycles. The molecule has 0 spiro atoms. The van der Waals surface area contributed by atoms with Gasteiger partial charge in [-0.05, 0) is 94.5 Å². The number of para-hydroxylation sites is 2. The molecule has 0 aliphatic heterocycles. The molecule has 0 radical (unpaired) electrons. The lowest BCUT2D eigenvalue weighted by Gasteiger charge is -2.12. The third-order valence-corrected chi connectivity index (χ3v) is 9.43. The van der Waals surface area contributed by atoms with Crippen LogP contribution in [0.3, 0.4) is 0 Å². The average Bonchev–Trinajstić information content (AvgIpc) is 3.61. The molecule has 54 heavy (non-hydrogen) atoms. The number of furan rings is 1. The normalized spacial score (nSPS) is 11.0. The maximum Gasteiger partial charge on any atom is 0.164 e. The van der Waals surface area contributed by atoms with Crippen LogP contribution >= 0.6 is 0 Å². The number of nitriles is 2. The van der Waals surface area contributed by atoms with Crippen molar-refractivity contribution in [3.63, 3.8) is 0 Å². The second-order valence-electron chi connectivity index (χ2n) is 12.9. The van der Waals surface area contributed by atoms with E-state index in [9.17, 15) is 15.6 Å². The van der Waals surface area contributed by atoms with Crippen LogP contribution in [0.5, 0.6) is 5.75 Å². The number of hydrogen-bond donors (Lipinski definition) is 1. The van der Waals surface area contributed by atoms with Crippen molar-refractivity contribution in [1.29, 1.82) is 10.5 Å². The summed E-state index contributed by atoms with van der Waals surface area (Å²) in [7, 11) is 0. The molecule has 7 heteroatoms. The highest BCUT2D eigenvalue weighted by Gasteiger charge is 2.17. The Morgan fingerprint density at radius 3 is 1.61 bits per heavy atom. The number of hydrogen-bond acceptors (Lipinski definition) is 7. The van der Waals surface area contributed by atoms with Crippen LogP contribution < -0.4 is 0 Å². The van der Waals surface area contributed by atoms with Gasteiger partial charge < -0.3 is 9.52 Å². The largest absolute Gasteiger partial charge is 0.507 e. The third-order valence-electron chi connectivity index (χ3n) is 9.43. The SMILES string of the molecule is N#Cc1cc(-c2cccc(-c3ccccc3O)c2)cc(-c2nc(-c3ccccc3)nc(-c3cc(C#N)cc(-c4ccc5oc6ccccc6c5c4)c3)n2)c1. The molecule has 7 nitrogen and oxygen atoms in total. The fourth-order valence-electron chi connectivity index (χ4n) is 6.82. The van der Waals surface area contributed by atoms with Crippen LogP contribution in [0.2, 0.25) is 0 Å². The van der Waals surface area contributed by atoms with E-state index < -0.39 is 0 Å². The Labute approximate surface area is 310 Å². The molecule has 1 N–H and O–H groups in total. The minimum Gasteiger partial charge on any atom is -0.507 e. The quantitative estimate of drug-likeness (QED) is 0.184. The van der Waals surface area contributed by atoms with E-state index in [0.717, 1.165) is 55.3 Å². The second-order valence-corrected chi connectivity index (χ2v) is 12.9. The Hall–Kier alpha value is -7.87. The fourth-order valence-corrected chi connectivity index (χ4v) is 6.82. The summed E-state index contributed by atoms with van der Waals surface area (Å²) < 4.78 is 6.07. The smallest absolute Gasteiger partial charge is 0.164 e. The standard InChI is InChI=1S/C47H27N5O2/c48-27-29-19-35(32-11-8-12-34(23-32)39-13-4-6-15-42(39)53)24-37(21-29)46-50-45(31-9-2-1-3-10-31)51-47(52-46)38-22-30(28-49)20-36(25-38)33-17-18-44-41(26-33)40-14-5-7-16-43(40)54-44/h1-26,53H. The number of phenolic OH excluding ortho intramolecular Hbond substituents is 1. The molecule has 0 aliphatic rings. The Kier molecular flexibility index (Phi) is 7.93. The molecule has 0 unspecified atom stereocenters. The Morgan fingerprint density at radius 1 is 0.407 bits per heavy atom. The molecule has 9 rings (SSSR count). The molecule has 2 aromatic heterocycles. The average molecular weight is 694 g/mol. The molecule has 0 saturated carbocycles. The van der Waals surface area contributed by atoms with Gasteiger partial charge >= 0.3 is 0 Å². The van der Waals surface area contributed by atoms with Gasteiger partial charge in [0.05, 0.1) is 23.3 Å². The predicted octanol–water partition coefficient (Wildman–Crippen LogP) is 11.2. The van der Waals surface area contributed by atoms with Gasteiger partial charge in [0, 0.05) is 33.0 Å². The molecule has 252 valence electrons. The summed E-state index contributed by atoms with van der Waals surface area (Å²) >= 11 is 0. The molecule has 2 heterocycles. The van der Waals surface area contributed by atoms with Crippen molar-refractivity contribution in [1.82, 2.24) is 15.0 Å². The van der Waals surface area contributed by atoms with Crippen LogP contribution in [0, 0.1) is 22.7 Å². The van der Waals surface area contributed by atoms with E-state index in [1.165, 1.54) is 0 Å². The van der Waals surface area contributed by atoms with Crippen LogP contribution in [0.4, 0.5) is 0 Å². The van der Waals surface area contributed by atoms with Crippen molar-refractivity contribution in [3.05, 3.63) is 169 Å². The first-order valence-electron chi connectivity index (χ1n) is 17.3. The van der Waals surface area contributed by atoms with Crippen LogP contribution in [0.15, 0.2) is 162 Å². The van der Waals surface area contributed by atoms with E-state index in [1.54, 1.807) is 24.3 Å². The summed E-state index contributed by atoms with van der Waals surface area (Å²) in [4.78, 5) is 14.9. The van der Waals surface area contributed by atoms with E-state index in [4.69, 9.17) is 19.4 Å². The van der Waals surface area contributed by atoms with E-state index in [0.29, 0.717) is 45.3 Å². The number of aromatic hydroxyl groups is 1. The fraction of sp³-hybridized carbons (Fsp3) is 0. The van der Waals surface area contributed by atoms with Crippen LogP contribution in [-0.2, 0) is 0 Å². The van der Waals surface area contributed by atoms with Gasteiger partial charge in [-0.3, -0.25) is 0 Å². The molecule has 0 amide bonds. The van der Waals surface area contributed by atoms with Gasteiger partial charge in [-0.25, -0.2) is 15.0 Å². The van der Waals surface area contributed by atoms with Gasteiger partial charge in [0.15, 0.2) is 17.5 Å². The lowest BCUT2D eigenvalue weighted by atomic mass is 9.96. The monoisotopic (exact) mass is 693 g/mol. The van der Waals surface area contributed by atoms with Gasteiger partial charge in [0.1, 0.15) is 16.9 Å². The molecule has 7 aromatic carbocycles. The van der Waals surface area contributed by atoms with Gasteiger partial charge in [-0.2, -0.15) is 10.5 Å². The Balaban J connectivity index is 1.20. The Morgan fingerprint density at radius 2 is 0.926 bits per heavy atom. The van der Waals surface area contributed by atoms with Gasteiger partial charge in [-0.15, -0.1) is 0 Å². The lowest BCUT2D eigenvalue weighted by Crippen LogP contribution is -2.01. The van der Waals surface area contributed by atoms with Crippen LogP contribution in [0.25, 0.3) is 89.5 Å². The van der Waals surface area contributed by atoms with E-state index in [-0.39, 0.29) is 5.75 Å². The molecule has 0 bridgehead atoms. The summed E-state index contributed by atoms with van der Waals surface area (Å²) in [6.45, 7) is 0. The van der Waals surface area contributed by atoms with E-state index in [2.05, 4.69) is 18.2 Å². The number of rotatable bonds is 6. The molecular weight excluding hydrogens is 667 g/mol. The van der Waals surface area contributed by atoms with Gasteiger partial charge in [0.2, 0.25) is 0 Å². The Bertz CT molecular complexity index is 2990. The van der Waals surface area contributed by atoms with Gasteiger partial charge in [0.25, 0.3) is 0 Å². The zero-order valence-corrected chi connectivity index (χ0v) is 28.6. The van der Waals surface area contributed by atoms with Crippen LogP contribution in [-0.4, -0.2) is 20.1 Å². The minimum atomic E-state index is 0.186. The number of aromatic nitrogens is 3. The first-order valence-corrected chi connectivity index (χ1v) is 17.3. The maximum absolute atomic E-state index is 10.5. The first kappa shape index (κ1) is 32.1. The topological polar surface area (TPSA) is 120 Å². The summed E-state index contributed by atoms with van der Waals surface area (Å²) in [5.74, 6) is 1.41. The number of phenols is 1. The third kappa shape index (κ3) is 5.98. The van der Waals surface area contributed by atoms with E-state index in [1.807, 2.05) is 127 Å². The van der Waals surface area contributed by atoms with Crippen molar-refractivity contribution in [2.45, 2.75) is 0 Å². The summed E-state index contributed by atoms with van der Waals surface area (Å²) in [6, 6.07) is 54.5. The summed E-state index contributed by atoms with van der Waals surface area (Å²) in [5, 5.41) is 32.9. The molecule has 9 aromatic rings. The van der Waals surface area contributed by atoms with Crippen molar-refractivity contribution in [2.24, 2.45) is 0 Å². The van der Waals surface area contributed by atoms with Crippen molar-refractivity contribution in [2.75, 3.05) is 0 Å². The number of fused-ring (bicyclic) bond motifs is 3. The van der Waals surface area contributed by atoms with Crippen molar-refractivity contribution in [3.8, 4) is 85.4 Å². The van der Waals surface area contributed by atoms with Crippen molar-refractivity contribution >= 4 is 21.9 Å². The molecular formula is C47H27N5O2.